The van der Waals surface area contributed by atoms with Gasteiger partial charge >= 0.3 is 0 Å². The van der Waals surface area contributed by atoms with Crippen LogP contribution in [0.1, 0.15) is 0 Å². The van der Waals surface area contributed by atoms with Crippen molar-refractivity contribution in [1.82, 2.24) is 20.2 Å². The molecule has 5 nitrogen and oxygen atoms in total. The van der Waals surface area contributed by atoms with Crippen LogP contribution in [0.2, 0.25) is 5.02 Å². The average molecular weight is 285 g/mol. The second-order valence-electron chi connectivity index (χ2n) is 4.06. The minimum Gasteiger partial charge on any atom is -0.266 e. The standard InChI is InChI=1S/C14H9ClN4O/c15-10-6-4-9(5-7-10)12-14(20)19-18-13(17-12)11-3-1-2-8-16-11/h1-8H,(H,19,20). The molecule has 3 rings (SSSR count). The fraction of sp³-hybridized carbons (Fsp3) is 0. The Morgan fingerprint density at radius 1 is 1.05 bits per heavy atom. The first-order valence-electron chi connectivity index (χ1n) is 5.88. The van der Waals surface area contributed by atoms with E-state index in [1.807, 2.05) is 6.07 Å². The van der Waals surface area contributed by atoms with E-state index in [2.05, 4.69) is 20.2 Å². The van der Waals surface area contributed by atoms with Crippen LogP contribution in [-0.4, -0.2) is 20.2 Å². The van der Waals surface area contributed by atoms with Gasteiger partial charge in [-0.05, 0) is 24.3 Å². The van der Waals surface area contributed by atoms with Crippen molar-refractivity contribution in [3.8, 4) is 22.8 Å². The lowest BCUT2D eigenvalue weighted by atomic mass is 10.1. The van der Waals surface area contributed by atoms with Gasteiger partial charge in [0.1, 0.15) is 11.4 Å². The zero-order valence-electron chi connectivity index (χ0n) is 10.2. The van der Waals surface area contributed by atoms with E-state index < -0.39 is 0 Å². The molecule has 1 aromatic carbocycles. The van der Waals surface area contributed by atoms with Crippen molar-refractivity contribution >= 4 is 11.6 Å². The maximum atomic E-state index is 11.9. The Hall–Kier alpha value is -2.53. The number of nitrogens with one attached hydrogen (secondary N) is 1. The summed E-state index contributed by atoms with van der Waals surface area (Å²) in [5.74, 6) is 0.371. The molecular weight excluding hydrogens is 276 g/mol. The molecule has 2 aromatic heterocycles. The lowest BCUT2D eigenvalue weighted by Crippen LogP contribution is -2.14. The first kappa shape index (κ1) is 12.5. The third-order valence-corrected chi connectivity index (χ3v) is 2.96. The summed E-state index contributed by atoms with van der Waals surface area (Å²) in [7, 11) is 0. The molecule has 2 heterocycles. The number of H-pyrrole nitrogens is 1. The molecule has 0 saturated carbocycles. The largest absolute Gasteiger partial charge is 0.290 e. The predicted molar refractivity (Wildman–Crippen MR) is 76.3 cm³/mol. The van der Waals surface area contributed by atoms with Crippen LogP contribution in [0.3, 0.4) is 0 Å². The molecule has 0 fully saturated rings. The smallest absolute Gasteiger partial charge is 0.266 e. The highest BCUT2D eigenvalue weighted by atomic mass is 35.5. The summed E-state index contributed by atoms with van der Waals surface area (Å²) in [6.45, 7) is 0. The summed E-state index contributed by atoms with van der Waals surface area (Å²) in [5.41, 5.74) is 1.21. The molecule has 0 spiro atoms. The summed E-state index contributed by atoms with van der Waals surface area (Å²) in [4.78, 5) is 20.3. The molecular formula is C14H9ClN4O. The quantitative estimate of drug-likeness (QED) is 0.785. The van der Waals surface area contributed by atoms with E-state index in [1.165, 1.54) is 0 Å². The minimum atomic E-state index is -0.355. The lowest BCUT2D eigenvalue weighted by molar-refractivity contribution is 0.939. The molecule has 0 amide bonds. The molecule has 0 bridgehead atoms. The van der Waals surface area contributed by atoms with Crippen molar-refractivity contribution in [1.29, 1.82) is 0 Å². The van der Waals surface area contributed by atoms with Gasteiger partial charge in [0.15, 0.2) is 5.82 Å². The van der Waals surface area contributed by atoms with Crippen molar-refractivity contribution < 1.29 is 0 Å². The Labute approximate surface area is 119 Å². The van der Waals surface area contributed by atoms with Crippen LogP contribution in [-0.2, 0) is 0 Å². The minimum absolute atomic E-state index is 0.289. The maximum absolute atomic E-state index is 11.9. The van der Waals surface area contributed by atoms with Gasteiger partial charge in [-0.3, -0.25) is 9.78 Å². The lowest BCUT2D eigenvalue weighted by Gasteiger charge is -2.02. The molecule has 0 atom stereocenters. The fourth-order valence-corrected chi connectivity index (χ4v) is 1.88. The Morgan fingerprint density at radius 3 is 2.55 bits per heavy atom. The van der Waals surface area contributed by atoms with Crippen LogP contribution in [0.25, 0.3) is 22.8 Å². The van der Waals surface area contributed by atoms with Crippen molar-refractivity contribution in [2.75, 3.05) is 0 Å². The molecule has 98 valence electrons. The zero-order valence-corrected chi connectivity index (χ0v) is 11.0. The van der Waals surface area contributed by atoms with Gasteiger partial charge in [-0.15, -0.1) is 0 Å². The highest BCUT2D eigenvalue weighted by molar-refractivity contribution is 6.30. The average Bonchev–Trinajstić information content (AvgIpc) is 2.50. The van der Waals surface area contributed by atoms with Gasteiger partial charge < -0.3 is 0 Å². The van der Waals surface area contributed by atoms with Crippen LogP contribution in [0.4, 0.5) is 0 Å². The predicted octanol–water partition coefficient (Wildman–Crippen LogP) is 2.55. The number of nitrogens with zero attached hydrogens (tertiary/aromatic N) is 3. The summed E-state index contributed by atoms with van der Waals surface area (Å²) >= 11 is 5.84. The van der Waals surface area contributed by atoms with E-state index in [-0.39, 0.29) is 11.3 Å². The van der Waals surface area contributed by atoms with Gasteiger partial charge in [-0.2, -0.15) is 5.10 Å². The molecule has 0 aliphatic carbocycles. The van der Waals surface area contributed by atoms with Gasteiger partial charge in [0.2, 0.25) is 0 Å². The summed E-state index contributed by atoms with van der Waals surface area (Å²) in [5, 5.41) is 6.96. The third kappa shape index (κ3) is 2.44. The highest BCUT2D eigenvalue weighted by Gasteiger charge is 2.09. The Morgan fingerprint density at radius 2 is 1.85 bits per heavy atom. The first-order chi connectivity index (χ1) is 9.74. The number of benzene rings is 1. The zero-order chi connectivity index (χ0) is 13.9. The number of rotatable bonds is 2. The van der Waals surface area contributed by atoms with Gasteiger partial charge in [-0.25, -0.2) is 10.1 Å². The fourth-order valence-electron chi connectivity index (χ4n) is 1.75. The Kier molecular flexibility index (Phi) is 3.26. The van der Waals surface area contributed by atoms with E-state index in [9.17, 15) is 4.79 Å². The van der Waals surface area contributed by atoms with Crippen LogP contribution in [0.15, 0.2) is 53.5 Å². The SMILES string of the molecule is O=c1[nH]nc(-c2ccccn2)nc1-c1ccc(Cl)cc1. The molecule has 1 N–H and O–H groups in total. The van der Waals surface area contributed by atoms with Gasteiger partial charge in [0.25, 0.3) is 5.56 Å². The third-order valence-electron chi connectivity index (χ3n) is 2.71. The van der Waals surface area contributed by atoms with Crippen molar-refractivity contribution in [3.63, 3.8) is 0 Å². The van der Waals surface area contributed by atoms with Crippen LogP contribution < -0.4 is 5.56 Å². The molecule has 0 unspecified atom stereocenters. The molecule has 3 aromatic rings. The van der Waals surface area contributed by atoms with E-state index in [4.69, 9.17) is 11.6 Å². The molecule has 20 heavy (non-hydrogen) atoms. The molecule has 0 saturated heterocycles. The number of hydrogen-bond acceptors (Lipinski definition) is 4. The normalized spacial score (nSPS) is 10.4. The Balaban J connectivity index is 2.12. The monoisotopic (exact) mass is 284 g/mol. The van der Waals surface area contributed by atoms with Crippen molar-refractivity contribution in [2.45, 2.75) is 0 Å². The molecule has 6 heteroatoms. The summed E-state index contributed by atoms with van der Waals surface area (Å²) in [6.07, 6.45) is 1.64. The van der Waals surface area contributed by atoms with Gasteiger partial charge in [0, 0.05) is 16.8 Å². The van der Waals surface area contributed by atoms with Crippen molar-refractivity contribution in [3.05, 3.63) is 64.0 Å². The molecule has 0 aliphatic heterocycles. The number of hydrogen-bond donors (Lipinski definition) is 1. The van der Waals surface area contributed by atoms with Crippen molar-refractivity contribution in [2.24, 2.45) is 0 Å². The second-order valence-corrected chi connectivity index (χ2v) is 4.50. The van der Waals surface area contributed by atoms with Crippen LogP contribution in [0.5, 0.6) is 0 Å². The topological polar surface area (TPSA) is 71.5 Å². The van der Waals surface area contributed by atoms with Gasteiger partial charge in [-0.1, -0.05) is 29.8 Å². The van der Waals surface area contributed by atoms with Crippen LogP contribution in [0, 0.1) is 0 Å². The summed E-state index contributed by atoms with van der Waals surface area (Å²) < 4.78 is 0. The second kappa shape index (κ2) is 5.22. The number of aromatic amines is 1. The van der Waals surface area contributed by atoms with E-state index in [0.29, 0.717) is 22.1 Å². The van der Waals surface area contributed by atoms with E-state index in [0.717, 1.165) is 0 Å². The highest BCUT2D eigenvalue weighted by Crippen LogP contribution is 2.18. The molecule has 0 radical (unpaired) electrons. The summed E-state index contributed by atoms with van der Waals surface area (Å²) in [6, 6.07) is 12.3. The number of pyridine rings is 1. The van der Waals surface area contributed by atoms with Gasteiger partial charge in [0.05, 0.1) is 0 Å². The molecule has 0 aliphatic rings. The van der Waals surface area contributed by atoms with Crippen LogP contribution >= 0.6 is 11.6 Å². The number of halogens is 1. The first-order valence-corrected chi connectivity index (χ1v) is 6.26. The van der Waals surface area contributed by atoms with E-state index in [1.54, 1.807) is 42.6 Å². The number of aromatic nitrogens is 4. The maximum Gasteiger partial charge on any atom is 0.290 e. The Bertz CT molecular complexity index is 784. The van der Waals surface area contributed by atoms with E-state index >= 15 is 0 Å².